The van der Waals surface area contributed by atoms with Gasteiger partial charge in [-0.2, -0.15) is 0 Å². The molecule has 0 saturated carbocycles. The zero-order chi connectivity index (χ0) is 14.2. The Kier molecular flexibility index (Phi) is 6.61. The minimum absolute atomic E-state index is 0.149. The maximum atomic E-state index is 13.2. The maximum Gasteiger partial charge on any atom is 0.124 e. The molecule has 1 unspecified atom stereocenters. The summed E-state index contributed by atoms with van der Waals surface area (Å²) in [5.74, 6) is 0.826. The van der Waals surface area contributed by atoms with Gasteiger partial charge in [-0.1, -0.05) is 31.1 Å². The van der Waals surface area contributed by atoms with Gasteiger partial charge in [-0.15, -0.1) is 11.8 Å². The highest BCUT2D eigenvalue weighted by Crippen LogP contribution is 2.25. The molecule has 0 saturated heterocycles. The second kappa shape index (κ2) is 8.48. The lowest BCUT2D eigenvalue weighted by Crippen LogP contribution is -2.33. The van der Waals surface area contributed by atoms with Crippen LogP contribution in [0.5, 0.6) is 0 Å². The van der Waals surface area contributed by atoms with E-state index in [2.05, 4.69) is 18.3 Å². The first-order valence-electron chi connectivity index (χ1n) is 7.60. The van der Waals surface area contributed by atoms with Crippen LogP contribution in [-0.4, -0.2) is 18.3 Å². The fraction of sp³-hybridized carbons (Fsp3) is 0.529. The van der Waals surface area contributed by atoms with Crippen molar-refractivity contribution in [1.29, 1.82) is 0 Å². The molecule has 1 atom stereocenters. The molecule has 1 aliphatic carbocycles. The molecule has 1 aromatic rings. The molecular formula is C17H24FNS. The van der Waals surface area contributed by atoms with Crippen LogP contribution in [-0.2, 0) is 0 Å². The average Bonchev–Trinajstić information content (AvgIpc) is 2.72. The molecule has 2 rings (SSSR count). The Labute approximate surface area is 126 Å². The zero-order valence-corrected chi connectivity index (χ0v) is 13.0. The van der Waals surface area contributed by atoms with Gasteiger partial charge in [0.1, 0.15) is 5.82 Å². The first-order valence-corrected chi connectivity index (χ1v) is 8.59. The molecule has 0 bridgehead atoms. The highest BCUT2D eigenvalue weighted by Gasteiger charge is 2.15. The molecule has 0 aliphatic heterocycles. The molecular weight excluding hydrogens is 269 g/mol. The monoisotopic (exact) mass is 293 g/mol. The quantitative estimate of drug-likeness (QED) is 0.598. The second-order valence-corrected chi connectivity index (χ2v) is 6.35. The number of halogens is 1. The normalized spacial score (nSPS) is 17.4. The first kappa shape index (κ1) is 15.6. The molecule has 1 aliphatic rings. The van der Waals surface area contributed by atoms with Crippen molar-refractivity contribution in [3.8, 4) is 0 Å². The minimum atomic E-state index is -0.149. The van der Waals surface area contributed by atoms with Crippen LogP contribution in [0, 0.1) is 5.82 Å². The molecule has 3 heteroatoms. The number of benzene rings is 1. The second-order valence-electron chi connectivity index (χ2n) is 5.26. The summed E-state index contributed by atoms with van der Waals surface area (Å²) in [4.78, 5) is 1.02. The van der Waals surface area contributed by atoms with E-state index in [0.717, 1.165) is 17.2 Å². The van der Waals surface area contributed by atoms with Gasteiger partial charge in [0.05, 0.1) is 0 Å². The van der Waals surface area contributed by atoms with E-state index >= 15 is 0 Å². The van der Waals surface area contributed by atoms with Crippen LogP contribution in [0.1, 0.15) is 39.0 Å². The Bertz CT molecular complexity index is 444. The van der Waals surface area contributed by atoms with Gasteiger partial charge in [0.25, 0.3) is 0 Å². The molecule has 0 aromatic heterocycles. The fourth-order valence-corrected chi connectivity index (χ4v) is 3.70. The van der Waals surface area contributed by atoms with Crippen molar-refractivity contribution in [3.05, 3.63) is 41.7 Å². The standard InChI is InChI=1S/C17H24FNS/c1-2-19-17(14-8-5-3-4-6-9-14)13-20-16-11-7-10-15(18)12-16/h7-8,10-12,17,19H,2-6,9,13H2,1H3. The molecule has 1 N–H and O–H groups in total. The molecule has 0 spiro atoms. The van der Waals surface area contributed by atoms with E-state index in [1.165, 1.54) is 38.2 Å². The average molecular weight is 293 g/mol. The zero-order valence-electron chi connectivity index (χ0n) is 12.2. The third kappa shape index (κ3) is 4.95. The number of allylic oxidation sites excluding steroid dienone is 1. The number of nitrogens with one attached hydrogen (secondary N) is 1. The Hall–Kier alpha value is -0.800. The van der Waals surface area contributed by atoms with Crippen LogP contribution in [0.3, 0.4) is 0 Å². The van der Waals surface area contributed by atoms with Crippen LogP contribution in [0.2, 0.25) is 0 Å². The number of likely N-dealkylation sites (N-methyl/N-ethyl adjacent to an activating group) is 1. The van der Waals surface area contributed by atoms with Crippen molar-refractivity contribution in [2.24, 2.45) is 0 Å². The van der Waals surface area contributed by atoms with Gasteiger partial charge < -0.3 is 5.32 Å². The van der Waals surface area contributed by atoms with Gasteiger partial charge in [-0.25, -0.2) is 4.39 Å². The summed E-state index contributed by atoms with van der Waals surface area (Å²) in [7, 11) is 0. The number of thioether (sulfide) groups is 1. The van der Waals surface area contributed by atoms with Crippen molar-refractivity contribution >= 4 is 11.8 Å². The Morgan fingerprint density at radius 2 is 2.20 bits per heavy atom. The molecule has 0 fully saturated rings. The lowest BCUT2D eigenvalue weighted by Gasteiger charge is -2.21. The molecule has 110 valence electrons. The Balaban J connectivity index is 1.96. The van der Waals surface area contributed by atoms with Gasteiger partial charge in [0.15, 0.2) is 0 Å². The topological polar surface area (TPSA) is 12.0 Å². The highest BCUT2D eigenvalue weighted by atomic mass is 32.2. The summed E-state index contributed by atoms with van der Waals surface area (Å²) in [5, 5.41) is 3.58. The molecule has 0 radical (unpaired) electrons. The molecule has 0 amide bonds. The van der Waals surface area contributed by atoms with Crippen molar-refractivity contribution in [2.75, 3.05) is 12.3 Å². The summed E-state index contributed by atoms with van der Waals surface area (Å²) < 4.78 is 13.2. The van der Waals surface area contributed by atoms with Crippen LogP contribution < -0.4 is 5.32 Å². The third-order valence-corrected chi connectivity index (χ3v) is 4.77. The van der Waals surface area contributed by atoms with E-state index in [-0.39, 0.29) is 5.82 Å². The molecule has 1 aromatic carbocycles. The summed E-state index contributed by atoms with van der Waals surface area (Å²) in [6, 6.07) is 7.31. The largest absolute Gasteiger partial charge is 0.310 e. The number of hydrogen-bond acceptors (Lipinski definition) is 2. The van der Waals surface area contributed by atoms with E-state index in [1.807, 2.05) is 6.07 Å². The fourth-order valence-electron chi connectivity index (χ4n) is 2.64. The molecule has 1 nitrogen and oxygen atoms in total. The van der Waals surface area contributed by atoms with Gasteiger partial charge in [0.2, 0.25) is 0 Å². The summed E-state index contributed by atoms with van der Waals surface area (Å²) in [5.41, 5.74) is 1.55. The van der Waals surface area contributed by atoms with Gasteiger partial charge in [-0.3, -0.25) is 0 Å². The summed E-state index contributed by atoms with van der Waals surface area (Å²) in [6.45, 7) is 3.13. The van der Waals surface area contributed by atoms with Crippen LogP contribution in [0.15, 0.2) is 40.8 Å². The summed E-state index contributed by atoms with van der Waals surface area (Å²) >= 11 is 1.74. The Morgan fingerprint density at radius 3 is 3.00 bits per heavy atom. The lowest BCUT2D eigenvalue weighted by molar-refractivity contribution is 0.607. The van der Waals surface area contributed by atoms with Crippen molar-refractivity contribution in [1.82, 2.24) is 5.32 Å². The minimum Gasteiger partial charge on any atom is -0.310 e. The SMILES string of the molecule is CCNC(CSc1cccc(F)c1)C1=CCCCCC1. The van der Waals surface area contributed by atoms with Crippen molar-refractivity contribution < 1.29 is 4.39 Å². The van der Waals surface area contributed by atoms with E-state index in [4.69, 9.17) is 0 Å². The predicted octanol–water partition coefficient (Wildman–Crippen LogP) is 4.79. The van der Waals surface area contributed by atoms with E-state index in [0.29, 0.717) is 6.04 Å². The van der Waals surface area contributed by atoms with Crippen molar-refractivity contribution in [3.63, 3.8) is 0 Å². The van der Waals surface area contributed by atoms with Crippen molar-refractivity contribution in [2.45, 2.75) is 50.0 Å². The van der Waals surface area contributed by atoms with Crippen LogP contribution >= 0.6 is 11.8 Å². The Morgan fingerprint density at radius 1 is 1.30 bits per heavy atom. The molecule has 20 heavy (non-hydrogen) atoms. The van der Waals surface area contributed by atoms with Gasteiger partial charge >= 0.3 is 0 Å². The summed E-state index contributed by atoms with van der Waals surface area (Å²) in [6.07, 6.45) is 8.81. The lowest BCUT2D eigenvalue weighted by atomic mass is 10.0. The van der Waals surface area contributed by atoms with Gasteiger partial charge in [0, 0.05) is 16.7 Å². The maximum absolute atomic E-state index is 13.2. The van der Waals surface area contributed by atoms with Gasteiger partial charge in [-0.05, 0) is 50.4 Å². The number of hydrogen-bond donors (Lipinski definition) is 1. The molecule has 0 heterocycles. The van der Waals surface area contributed by atoms with E-state index in [1.54, 1.807) is 29.5 Å². The highest BCUT2D eigenvalue weighted by molar-refractivity contribution is 7.99. The van der Waals surface area contributed by atoms with E-state index < -0.39 is 0 Å². The van der Waals surface area contributed by atoms with E-state index in [9.17, 15) is 4.39 Å². The predicted molar refractivity (Wildman–Crippen MR) is 85.8 cm³/mol. The van der Waals surface area contributed by atoms with Crippen LogP contribution in [0.4, 0.5) is 4.39 Å². The first-order chi connectivity index (χ1) is 9.79. The smallest absolute Gasteiger partial charge is 0.124 e. The third-order valence-electron chi connectivity index (χ3n) is 3.69. The number of rotatable bonds is 6. The van der Waals surface area contributed by atoms with Crippen LogP contribution in [0.25, 0.3) is 0 Å².